The van der Waals surface area contributed by atoms with Crippen molar-refractivity contribution in [2.75, 3.05) is 0 Å². The monoisotopic (exact) mass is 208 g/mol. The molecule has 1 N–H and O–H groups in total. The molecule has 0 spiro atoms. The van der Waals surface area contributed by atoms with Gasteiger partial charge in [-0.05, 0) is 31.4 Å². The van der Waals surface area contributed by atoms with Gasteiger partial charge in [-0.3, -0.25) is 4.98 Å². The van der Waals surface area contributed by atoms with Crippen molar-refractivity contribution in [3.8, 4) is 0 Å². The quantitative estimate of drug-likeness (QED) is 0.767. The van der Waals surface area contributed by atoms with Crippen LogP contribution in [-0.4, -0.2) is 17.1 Å². The van der Waals surface area contributed by atoms with Crippen LogP contribution in [0.3, 0.4) is 0 Å². The van der Waals surface area contributed by atoms with Crippen LogP contribution in [0.5, 0.6) is 0 Å². The number of aromatic nitrogens is 1. The topological polar surface area (TPSA) is 24.9 Å². The van der Waals surface area contributed by atoms with Gasteiger partial charge in [0.15, 0.2) is 0 Å². The maximum atomic E-state index is 6.15. The summed E-state index contributed by atoms with van der Waals surface area (Å²) in [6.07, 6.45) is 5.66. The maximum Gasteiger partial charge on any atom is 0.0636 e. The lowest BCUT2D eigenvalue weighted by atomic mass is 9.86. The molecule has 2 saturated heterocycles. The van der Waals surface area contributed by atoms with Crippen molar-refractivity contribution < 1.29 is 0 Å². The normalized spacial score (nSPS) is 35.1. The molecule has 0 aliphatic carbocycles. The first-order chi connectivity index (χ1) is 6.84. The van der Waals surface area contributed by atoms with E-state index in [2.05, 4.69) is 10.3 Å². The number of hydrogen-bond acceptors (Lipinski definition) is 2. The average molecular weight is 209 g/mol. The molecule has 2 aliphatic rings. The van der Waals surface area contributed by atoms with E-state index in [-0.39, 0.29) is 0 Å². The van der Waals surface area contributed by atoms with Crippen molar-refractivity contribution in [2.45, 2.75) is 37.3 Å². The largest absolute Gasteiger partial charge is 0.311 e. The van der Waals surface area contributed by atoms with Crippen LogP contribution in [0.25, 0.3) is 0 Å². The van der Waals surface area contributed by atoms with Gasteiger partial charge in [0.2, 0.25) is 0 Å². The van der Waals surface area contributed by atoms with E-state index >= 15 is 0 Å². The second kappa shape index (κ2) is 3.21. The second-order valence-electron chi connectivity index (χ2n) is 4.26. The van der Waals surface area contributed by atoms with E-state index in [0.717, 1.165) is 10.7 Å². The summed E-state index contributed by atoms with van der Waals surface area (Å²) in [4.78, 5) is 4.41. The summed E-state index contributed by atoms with van der Waals surface area (Å²) in [7, 11) is 0. The molecular formula is C11H13ClN2. The molecule has 1 aromatic heterocycles. The van der Waals surface area contributed by atoms with Crippen LogP contribution in [0.1, 0.15) is 30.9 Å². The van der Waals surface area contributed by atoms with Crippen molar-refractivity contribution in [1.82, 2.24) is 10.3 Å². The lowest BCUT2D eigenvalue weighted by molar-refractivity contribution is 0.497. The molecule has 14 heavy (non-hydrogen) atoms. The van der Waals surface area contributed by atoms with Crippen LogP contribution >= 0.6 is 11.6 Å². The number of fused-ring (bicyclic) bond motifs is 2. The van der Waals surface area contributed by atoms with Gasteiger partial charge in [-0.25, -0.2) is 0 Å². The predicted molar refractivity (Wildman–Crippen MR) is 56.6 cm³/mol. The molecule has 2 bridgehead atoms. The fraction of sp³-hybridized carbons (Fsp3) is 0.545. The Balaban J connectivity index is 1.93. The average Bonchev–Trinajstić information content (AvgIpc) is 2.79. The summed E-state index contributed by atoms with van der Waals surface area (Å²) in [5, 5.41) is 4.43. The molecule has 0 saturated carbocycles. The molecule has 1 aromatic rings. The highest BCUT2D eigenvalue weighted by Gasteiger charge is 2.40. The molecular weight excluding hydrogens is 196 g/mol. The molecule has 3 atom stereocenters. The van der Waals surface area contributed by atoms with Crippen molar-refractivity contribution >= 4 is 11.6 Å². The molecule has 3 heteroatoms. The van der Waals surface area contributed by atoms with Crippen LogP contribution < -0.4 is 5.32 Å². The molecule has 74 valence electrons. The van der Waals surface area contributed by atoms with Gasteiger partial charge in [-0.1, -0.05) is 11.6 Å². The lowest BCUT2D eigenvalue weighted by Crippen LogP contribution is -2.22. The molecule has 3 heterocycles. The smallest absolute Gasteiger partial charge is 0.0636 e. The summed E-state index contributed by atoms with van der Waals surface area (Å²) in [6, 6.07) is 5.16. The Kier molecular flexibility index (Phi) is 1.99. The van der Waals surface area contributed by atoms with Gasteiger partial charge in [-0.15, -0.1) is 0 Å². The molecule has 0 radical (unpaired) electrons. The SMILES string of the molecule is Clc1cccnc1C1CC2CCC1N2. The number of hydrogen-bond donors (Lipinski definition) is 1. The summed E-state index contributed by atoms with van der Waals surface area (Å²) in [5.41, 5.74) is 1.09. The van der Waals surface area contributed by atoms with E-state index in [1.807, 2.05) is 18.3 Å². The summed E-state index contributed by atoms with van der Waals surface area (Å²) in [5.74, 6) is 0.544. The molecule has 3 unspecified atom stereocenters. The summed E-state index contributed by atoms with van der Waals surface area (Å²) >= 11 is 6.15. The Hall–Kier alpha value is -0.600. The van der Waals surface area contributed by atoms with E-state index in [0.29, 0.717) is 18.0 Å². The first-order valence-corrected chi connectivity index (χ1v) is 5.59. The van der Waals surface area contributed by atoms with Gasteiger partial charge in [0.1, 0.15) is 0 Å². The van der Waals surface area contributed by atoms with Crippen LogP contribution in [0.2, 0.25) is 5.02 Å². The molecule has 2 fully saturated rings. The van der Waals surface area contributed by atoms with Crippen LogP contribution in [0.15, 0.2) is 18.3 Å². The fourth-order valence-electron chi connectivity index (χ4n) is 2.80. The summed E-state index contributed by atoms with van der Waals surface area (Å²) < 4.78 is 0. The van der Waals surface area contributed by atoms with Gasteiger partial charge in [0.05, 0.1) is 10.7 Å². The van der Waals surface area contributed by atoms with Crippen molar-refractivity contribution in [2.24, 2.45) is 0 Å². The third-order valence-electron chi connectivity index (χ3n) is 3.44. The zero-order chi connectivity index (χ0) is 9.54. The Bertz CT molecular complexity index is 353. The Morgan fingerprint density at radius 3 is 3.00 bits per heavy atom. The third-order valence-corrected chi connectivity index (χ3v) is 3.76. The molecule has 3 rings (SSSR count). The molecule has 0 amide bonds. The minimum absolute atomic E-state index is 0.544. The van der Waals surface area contributed by atoms with Crippen LogP contribution in [0.4, 0.5) is 0 Å². The van der Waals surface area contributed by atoms with E-state index in [1.165, 1.54) is 19.3 Å². The van der Waals surface area contributed by atoms with Crippen LogP contribution in [-0.2, 0) is 0 Å². The van der Waals surface area contributed by atoms with Gasteiger partial charge >= 0.3 is 0 Å². The first kappa shape index (κ1) is 8.69. The third kappa shape index (κ3) is 1.25. The Morgan fingerprint density at radius 2 is 2.36 bits per heavy atom. The standard InChI is InChI=1S/C11H13ClN2/c12-9-2-1-5-13-11(9)8-6-7-3-4-10(8)14-7/h1-2,5,7-8,10,14H,3-4,6H2. The van der Waals surface area contributed by atoms with Crippen molar-refractivity contribution in [1.29, 1.82) is 0 Å². The fourth-order valence-corrected chi connectivity index (χ4v) is 3.06. The molecule has 2 nitrogen and oxygen atoms in total. The summed E-state index contributed by atoms with van der Waals surface area (Å²) in [6.45, 7) is 0. The Labute approximate surface area is 88.7 Å². The number of pyridine rings is 1. The number of nitrogens with zero attached hydrogens (tertiary/aromatic N) is 1. The van der Waals surface area contributed by atoms with Gasteiger partial charge in [0, 0.05) is 24.2 Å². The highest BCUT2D eigenvalue weighted by molar-refractivity contribution is 6.31. The number of rotatable bonds is 1. The number of nitrogens with one attached hydrogen (secondary N) is 1. The zero-order valence-corrected chi connectivity index (χ0v) is 8.67. The minimum Gasteiger partial charge on any atom is -0.311 e. The first-order valence-electron chi connectivity index (χ1n) is 5.21. The molecule has 0 aromatic carbocycles. The van der Waals surface area contributed by atoms with Gasteiger partial charge < -0.3 is 5.32 Å². The Morgan fingerprint density at radius 1 is 1.43 bits per heavy atom. The lowest BCUT2D eigenvalue weighted by Gasteiger charge is -2.20. The van der Waals surface area contributed by atoms with Crippen molar-refractivity contribution in [3.63, 3.8) is 0 Å². The van der Waals surface area contributed by atoms with E-state index in [1.54, 1.807) is 0 Å². The predicted octanol–water partition coefficient (Wildman–Crippen LogP) is 2.34. The second-order valence-corrected chi connectivity index (χ2v) is 4.67. The van der Waals surface area contributed by atoms with E-state index in [9.17, 15) is 0 Å². The van der Waals surface area contributed by atoms with E-state index < -0.39 is 0 Å². The van der Waals surface area contributed by atoms with Crippen LogP contribution in [0, 0.1) is 0 Å². The van der Waals surface area contributed by atoms with Crippen molar-refractivity contribution in [3.05, 3.63) is 29.0 Å². The maximum absolute atomic E-state index is 6.15. The highest BCUT2D eigenvalue weighted by atomic mass is 35.5. The minimum atomic E-state index is 0.544. The van der Waals surface area contributed by atoms with Gasteiger partial charge in [-0.2, -0.15) is 0 Å². The van der Waals surface area contributed by atoms with E-state index in [4.69, 9.17) is 11.6 Å². The number of halogens is 1. The molecule has 2 aliphatic heterocycles. The zero-order valence-electron chi connectivity index (χ0n) is 7.91. The van der Waals surface area contributed by atoms with Gasteiger partial charge in [0.25, 0.3) is 0 Å². The highest BCUT2D eigenvalue weighted by Crippen LogP contribution is 2.40.